The SMILES string of the molecule is OC(c1ccc(Br)c(Cl)c1F)c1cccc(F)c1Cl. The Labute approximate surface area is 126 Å². The highest BCUT2D eigenvalue weighted by Crippen LogP contribution is 2.35. The molecule has 1 N–H and O–H groups in total. The van der Waals surface area contributed by atoms with Crippen molar-refractivity contribution in [2.75, 3.05) is 0 Å². The summed E-state index contributed by atoms with van der Waals surface area (Å²) >= 11 is 14.6. The molecule has 0 saturated heterocycles. The van der Waals surface area contributed by atoms with Gasteiger partial charge in [0, 0.05) is 15.6 Å². The van der Waals surface area contributed by atoms with Crippen LogP contribution >= 0.6 is 39.1 Å². The molecule has 2 rings (SSSR count). The molecule has 0 aromatic heterocycles. The molecule has 1 atom stereocenters. The number of aliphatic hydroxyl groups is 1. The van der Waals surface area contributed by atoms with E-state index in [0.717, 1.165) is 6.07 Å². The first-order valence-electron chi connectivity index (χ1n) is 5.19. The fourth-order valence-corrected chi connectivity index (χ4v) is 2.36. The van der Waals surface area contributed by atoms with Crippen LogP contribution in [0.1, 0.15) is 17.2 Å². The summed E-state index contributed by atoms with van der Waals surface area (Å²) in [6.45, 7) is 0. The largest absolute Gasteiger partial charge is 0.383 e. The first kappa shape index (κ1) is 14.7. The maximum absolute atomic E-state index is 14.0. The Balaban J connectivity index is 2.53. The summed E-state index contributed by atoms with van der Waals surface area (Å²) in [6.07, 6.45) is -1.39. The van der Waals surface area contributed by atoms with E-state index in [1.165, 1.54) is 24.3 Å². The summed E-state index contributed by atoms with van der Waals surface area (Å²) in [6, 6.07) is 6.82. The lowest BCUT2D eigenvalue weighted by Gasteiger charge is -2.15. The molecule has 0 heterocycles. The van der Waals surface area contributed by atoms with Crippen molar-refractivity contribution in [2.24, 2.45) is 0 Å². The molecule has 2 aromatic carbocycles. The molecule has 2 aromatic rings. The average molecular weight is 368 g/mol. The predicted molar refractivity (Wildman–Crippen MR) is 74.6 cm³/mol. The van der Waals surface area contributed by atoms with Gasteiger partial charge in [-0.05, 0) is 28.1 Å². The predicted octanol–water partition coefficient (Wildman–Crippen LogP) is 5.12. The second-order valence-electron chi connectivity index (χ2n) is 3.81. The Morgan fingerprint density at radius 2 is 1.68 bits per heavy atom. The minimum atomic E-state index is -1.39. The number of aliphatic hydroxyl groups excluding tert-OH is 1. The van der Waals surface area contributed by atoms with Crippen molar-refractivity contribution < 1.29 is 13.9 Å². The first-order chi connectivity index (χ1) is 8.93. The summed E-state index contributed by atoms with van der Waals surface area (Å²) < 4.78 is 27.7. The third-order valence-corrected chi connectivity index (χ3v) is 4.29. The van der Waals surface area contributed by atoms with Crippen LogP contribution in [0.3, 0.4) is 0 Å². The van der Waals surface area contributed by atoms with E-state index in [0.29, 0.717) is 4.47 Å². The van der Waals surface area contributed by atoms with Gasteiger partial charge in [0.05, 0.1) is 10.0 Å². The normalized spacial score (nSPS) is 12.5. The fraction of sp³-hybridized carbons (Fsp3) is 0.0769. The standard InChI is InChI=1S/C13H7BrCl2F2O/c14-8-5-4-7(12(18)11(8)16)13(19)6-2-1-3-9(17)10(6)15/h1-5,13,19H. The van der Waals surface area contributed by atoms with Gasteiger partial charge in [-0.15, -0.1) is 0 Å². The lowest BCUT2D eigenvalue weighted by molar-refractivity contribution is 0.214. The number of hydrogen-bond donors (Lipinski definition) is 1. The topological polar surface area (TPSA) is 20.2 Å². The van der Waals surface area contributed by atoms with Gasteiger partial charge in [-0.3, -0.25) is 0 Å². The van der Waals surface area contributed by atoms with E-state index >= 15 is 0 Å². The molecule has 1 nitrogen and oxygen atoms in total. The minimum Gasteiger partial charge on any atom is -0.383 e. The maximum Gasteiger partial charge on any atom is 0.149 e. The highest BCUT2D eigenvalue weighted by molar-refractivity contribution is 9.10. The molecule has 0 aliphatic carbocycles. The van der Waals surface area contributed by atoms with Crippen molar-refractivity contribution in [1.82, 2.24) is 0 Å². The summed E-state index contributed by atoms with van der Waals surface area (Å²) in [5.74, 6) is -1.45. The summed E-state index contributed by atoms with van der Waals surface area (Å²) in [5, 5.41) is 9.74. The molecule has 0 spiro atoms. The van der Waals surface area contributed by atoms with Crippen LogP contribution in [0.5, 0.6) is 0 Å². The lowest BCUT2D eigenvalue weighted by Crippen LogP contribution is -2.04. The van der Waals surface area contributed by atoms with Crippen molar-refractivity contribution in [3.8, 4) is 0 Å². The Bertz CT molecular complexity index is 634. The van der Waals surface area contributed by atoms with E-state index in [-0.39, 0.29) is 21.2 Å². The zero-order chi connectivity index (χ0) is 14.2. The van der Waals surface area contributed by atoms with Gasteiger partial charge in [-0.2, -0.15) is 0 Å². The van der Waals surface area contributed by atoms with E-state index in [2.05, 4.69) is 15.9 Å². The molecule has 0 bridgehead atoms. The zero-order valence-electron chi connectivity index (χ0n) is 9.30. The average Bonchev–Trinajstić information content (AvgIpc) is 2.39. The molecule has 0 radical (unpaired) electrons. The van der Waals surface area contributed by atoms with Crippen molar-refractivity contribution in [3.63, 3.8) is 0 Å². The molecule has 19 heavy (non-hydrogen) atoms. The van der Waals surface area contributed by atoms with Crippen LogP contribution in [0.4, 0.5) is 8.78 Å². The quantitative estimate of drug-likeness (QED) is 0.730. The van der Waals surface area contributed by atoms with Crippen LogP contribution in [-0.2, 0) is 0 Å². The van der Waals surface area contributed by atoms with Gasteiger partial charge in [0.25, 0.3) is 0 Å². The van der Waals surface area contributed by atoms with Crippen LogP contribution in [-0.4, -0.2) is 5.11 Å². The van der Waals surface area contributed by atoms with E-state index in [9.17, 15) is 13.9 Å². The molecule has 0 aliphatic heterocycles. The van der Waals surface area contributed by atoms with Crippen LogP contribution in [0.15, 0.2) is 34.8 Å². The number of rotatable bonds is 2. The van der Waals surface area contributed by atoms with Gasteiger partial charge in [-0.25, -0.2) is 8.78 Å². The van der Waals surface area contributed by atoms with Crippen LogP contribution in [0.2, 0.25) is 10.0 Å². The number of hydrogen-bond acceptors (Lipinski definition) is 1. The maximum atomic E-state index is 14.0. The third kappa shape index (κ3) is 2.77. The molecule has 0 amide bonds. The Hall–Kier alpha value is -0.680. The molecule has 6 heteroatoms. The molecule has 0 fully saturated rings. The monoisotopic (exact) mass is 366 g/mol. The molecule has 1 unspecified atom stereocenters. The van der Waals surface area contributed by atoms with Gasteiger partial charge in [-0.1, -0.05) is 41.4 Å². The smallest absolute Gasteiger partial charge is 0.149 e. The summed E-state index contributed by atoms with van der Waals surface area (Å²) in [5.41, 5.74) is 0.0136. The summed E-state index contributed by atoms with van der Waals surface area (Å²) in [7, 11) is 0. The van der Waals surface area contributed by atoms with Crippen molar-refractivity contribution in [2.45, 2.75) is 6.10 Å². The van der Waals surface area contributed by atoms with Crippen molar-refractivity contribution in [3.05, 3.63) is 67.6 Å². The Morgan fingerprint density at radius 1 is 1.00 bits per heavy atom. The van der Waals surface area contributed by atoms with Crippen LogP contribution in [0.25, 0.3) is 0 Å². The minimum absolute atomic E-state index is 0.0688. The first-order valence-corrected chi connectivity index (χ1v) is 6.73. The number of benzene rings is 2. The van der Waals surface area contributed by atoms with Crippen LogP contribution < -0.4 is 0 Å². The molecule has 0 saturated carbocycles. The fourth-order valence-electron chi connectivity index (χ4n) is 1.65. The van der Waals surface area contributed by atoms with Gasteiger partial charge in [0.1, 0.15) is 17.7 Å². The van der Waals surface area contributed by atoms with Crippen molar-refractivity contribution in [1.29, 1.82) is 0 Å². The van der Waals surface area contributed by atoms with Gasteiger partial charge >= 0.3 is 0 Å². The molecule has 0 aliphatic rings. The highest BCUT2D eigenvalue weighted by atomic mass is 79.9. The second-order valence-corrected chi connectivity index (χ2v) is 5.42. The van der Waals surface area contributed by atoms with Gasteiger partial charge < -0.3 is 5.11 Å². The highest BCUT2D eigenvalue weighted by Gasteiger charge is 2.21. The van der Waals surface area contributed by atoms with Crippen LogP contribution in [0, 0.1) is 11.6 Å². The number of halogens is 5. The van der Waals surface area contributed by atoms with Gasteiger partial charge in [0.15, 0.2) is 0 Å². The molecular weight excluding hydrogens is 361 g/mol. The van der Waals surface area contributed by atoms with E-state index < -0.39 is 17.7 Å². The third-order valence-electron chi connectivity index (χ3n) is 2.64. The molecule has 100 valence electrons. The van der Waals surface area contributed by atoms with E-state index in [1.54, 1.807) is 0 Å². The van der Waals surface area contributed by atoms with E-state index in [1.807, 2.05) is 0 Å². The Kier molecular flexibility index (Phi) is 4.46. The Morgan fingerprint density at radius 3 is 2.37 bits per heavy atom. The summed E-state index contributed by atoms with van der Waals surface area (Å²) in [4.78, 5) is 0. The van der Waals surface area contributed by atoms with E-state index in [4.69, 9.17) is 23.2 Å². The molecular formula is C13H7BrCl2F2O. The second kappa shape index (κ2) is 5.75. The lowest BCUT2D eigenvalue weighted by atomic mass is 10.0. The zero-order valence-corrected chi connectivity index (χ0v) is 12.4. The van der Waals surface area contributed by atoms with Crippen molar-refractivity contribution >= 4 is 39.1 Å². The van der Waals surface area contributed by atoms with Gasteiger partial charge in [0.2, 0.25) is 0 Å².